The number of piperidine rings is 1. The third-order valence-corrected chi connectivity index (χ3v) is 5.67. The Morgan fingerprint density at radius 1 is 1.33 bits per heavy atom. The van der Waals surface area contributed by atoms with Crippen molar-refractivity contribution in [3.63, 3.8) is 0 Å². The zero-order valence-corrected chi connectivity index (χ0v) is 16.5. The minimum absolute atomic E-state index is 0.0402. The van der Waals surface area contributed by atoms with Crippen LogP contribution in [0.5, 0.6) is 5.75 Å². The molecule has 0 saturated carbocycles. The Bertz CT molecular complexity index is 746. The summed E-state index contributed by atoms with van der Waals surface area (Å²) in [5.74, 6) is 0.765. The molecule has 0 radical (unpaired) electrons. The largest absolute Gasteiger partial charge is 0.491 e. The number of benzene rings is 1. The first kappa shape index (κ1) is 20.1. The van der Waals surface area contributed by atoms with Gasteiger partial charge in [-0.2, -0.15) is 0 Å². The van der Waals surface area contributed by atoms with Gasteiger partial charge >= 0.3 is 0 Å². The highest BCUT2D eigenvalue weighted by Crippen LogP contribution is 2.21. The summed E-state index contributed by atoms with van der Waals surface area (Å²) < 4.78 is 36.5. The van der Waals surface area contributed by atoms with Crippen LogP contribution >= 0.6 is 0 Å². The number of likely N-dealkylation sites (tertiary alicyclic amines) is 1. The van der Waals surface area contributed by atoms with Gasteiger partial charge < -0.3 is 14.4 Å². The molecular formula is C19H28N2O5S. The number of nitrogens with zero attached hydrogens (tertiary/aromatic N) is 1. The van der Waals surface area contributed by atoms with Crippen molar-refractivity contribution in [3.8, 4) is 5.75 Å². The standard InChI is InChI=1S/C19H28N2O5S/c1-27(23,24)20-12-15-5-3-9-21(13-15)19(22)16-6-2-7-17(11-16)26-14-18-8-4-10-25-18/h2,6-7,11,15,18,20H,3-5,8-10,12-14H2,1H3/t15-,18+/m1/s1. The van der Waals surface area contributed by atoms with Crippen LogP contribution in [0.15, 0.2) is 24.3 Å². The molecule has 0 aliphatic carbocycles. The number of hydrogen-bond donors (Lipinski definition) is 1. The smallest absolute Gasteiger partial charge is 0.253 e. The molecule has 2 aliphatic rings. The van der Waals surface area contributed by atoms with Gasteiger partial charge in [-0.3, -0.25) is 4.79 Å². The number of hydrogen-bond acceptors (Lipinski definition) is 5. The number of sulfonamides is 1. The molecule has 8 heteroatoms. The Morgan fingerprint density at radius 2 is 2.19 bits per heavy atom. The quantitative estimate of drug-likeness (QED) is 0.757. The fraction of sp³-hybridized carbons (Fsp3) is 0.632. The van der Waals surface area contributed by atoms with E-state index in [9.17, 15) is 13.2 Å². The van der Waals surface area contributed by atoms with Gasteiger partial charge in [0.05, 0.1) is 12.4 Å². The van der Waals surface area contributed by atoms with Crippen LogP contribution in [-0.4, -0.2) is 64.4 Å². The van der Waals surface area contributed by atoms with Crippen molar-refractivity contribution in [2.75, 3.05) is 39.1 Å². The van der Waals surface area contributed by atoms with Gasteiger partial charge in [-0.1, -0.05) is 6.07 Å². The highest BCUT2D eigenvalue weighted by atomic mass is 32.2. The summed E-state index contributed by atoms with van der Waals surface area (Å²) in [6, 6.07) is 7.24. The molecule has 1 aromatic carbocycles. The molecule has 0 aromatic heterocycles. The van der Waals surface area contributed by atoms with Gasteiger partial charge in [0.15, 0.2) is 0 Å². The van der Waals surface area contributed by atoms with Crippen LogP contribution in [0, 0.1) is 5.92 Å². The average molecular weight is 397 g/mol. The highest BCUT2D eigenvalue weighted by molar-refractivity contribution is 7.88. The minimum Gasteiger partial charge on any atom is -0.491 e. The second-order valence-electron chi connectivity index (χ2n) is 7.35. The van der Waals surface area contributed by atoms with E-state index in [0.717, 1.165) is 38.5 Å². The minimum atomic E-state index is -3.21. The maximum Gasteiger partial charge on any atom is 0.253 e. The number of nitrogens with one attached hydrogen (secondary N) is 1. The molecule has 2 atom stereocenters. The summed E-state index contributed by atoms with van der Waals surface area (Å²) in [5.41, 5.74) is 0.594. The summed E-state index contributed by atoms with van der Waals surface area (Å²) in [6.07, 6.45) is 5.15. The van der Waals surface area contributed by atoms with E-state index >= 15 is 0 Å². The summed E-state index contributed by atoms with van der Waals surface area (Å²) in [7, 11) is -3.21. The van der Waals surface area contributed by atoms with E-state index in [1.54, 1.807) is 17.0 Å². The van der Waals surface area contributed by atoms with Crippen molar-refractivity contribution in [1.82, 2.24) is 9.62 Å². The number of carbonyl (C=O) groups excluding carboxylic acids is 1. The Hall–Kier alpha value is -1.64. The lowest BCUT2D eigenvalue weighted by atomic mass is 9.97. The normalized spacial score (nSPS) is 23.4. The van der Waals surface area contributed by atoms with Gasteiger partial charge in [0.25, 0.3) is 5.91 Å². The SMILES string of the molecule is CS(=O)(=O)NC[C@H]1CCCN(C(=O)c2cccc(OC[C@@H]3CCCO3)c2)C1. The van der Waals surface area contributed by atoms with Crippen LogP contribution in [0.1, 0.15) is 36.0 Å². The number of carbonyl (C=O) groups is 1. The van der Waals surface area contributed by atoms with E-state index in [-0.39, 0.29) is 17.9 Å². The Kier molecular flexibility index (Phi) is 6.73. The molecule has 2 heterocycles. The molecule has 2 saturated heterocycles. The van der Waals surface area contributed by atoms with Gasteiger partial charge in [-0.15, -0.1) is 0 Å². The van der Waals surface area contributed by atoms with Gasteiger partial charge in [0, 0.05) is 31.8 Å². The number of amides is 1. The van der Waals surface area contributed by atoms with E-state index in [1.165, 1.54) is 0 Å². The lowest BCUT2D eigenvalue weighted by molar-refractivity contribution is 0.0664. The van der Waals surface area contributed by atoms with Gasteiger partial charge in [0.1, 0.15) is 12.4 Å². The first-order chi connectivity index (χ1) is 12.9. The summed E-state index contributed by atoms with van der Waals surface area (Å²) in [4.78, 5) is 14.7. The molecule has 150 valence electrons. The van der Waals surface area contributed by atoms with Crippen molar-refractivity contribution in [2.45, 2.75) is 31.8 Å². The third kappa shape index (κ3) is 6.19. The molecule has 0 spiro atoms. The molecule has 2 fully saturated rings. The molecular weight excluding hydrogens is 368 g/mol. The summed E-state index contributed by atoms with van der Waals surface area (Å²) >= 11 is 0. The lowest BCUT2D eigenvalue weighted by Crippen LogP contribution is -2.43. The molecule has 0 bridgehead atoms. The highest BCUT2D eigenvalue weighted by Gasteiger charge is 2.25. The third-order valence-electron chi connectivity index (χ3n) is 4.98. The molecule has 2 aliphatic heterocycles. The van der Waals surface area contributed by atoms with E-state index in [2.05, 4.69) is 4.72 Å². The zero-order chi connectivity index (χ0) is 19.3. The predicted octanol–water partition coefficient (Wildman–Crippen LogP) is 1.65. The Balaban J connectivity index is 1.56. The molecule has 7 nitrogen and oxygen atoms in total. The van der Waals surface area contributed by atoms with Crippen LogP contribution in [0.25, 0.3) is 0 Å². The fourth-order valence-corrected chi connectivity index (χ4v) is 4.09. The van der Waals surface area contributed by atoms with Crippen molar-refractivity contribution < 1.29 is 22.7 Å². The van der Waals surface area contributed by atoms with E-state index in [0.29, 0.717) is 37.6 Å². The zero-order valence-electron chi connectivity index (χ0n) is 15.7. The number of rotatable bonds is 7. The van der Waals surface area contributed by atoms with Crippen molar-refractivity contribution in [1.29, 1.82) is 0 Å². The second kappa shape index (κ2) is 9.03. The average Bonchev–Trinajstić information content (AvgIpc) is 3.18. The van der Waals surface area contributed by atoms with E-state index < -0.39 is 10.0 Å². The van der Waals surface area contributed by atoms with Gasteiger partial charge in [-0.25, -0.2) is 13.1 Å². The first-order valence-corrected chi connectivity index (χ1v) is 11.4. The van der Waals surface area contributed by atoms with Crippen LogP contribution in [0.4, 0.5) is 0 Å². The molecule has 1 aromatic rings. The summed E-state index contributed by atoms with van der Waals surface area (Å²) in [6.45, 7) is 2.90. The maximum absolute atomic E-state index is 12.9. The molecule has 0 unspecified atom stereocenters. The topological polar surface area (TPSA) is 84.9 Å². The lowest BCUT2D eigenvalue weighted by Gasteiger charge is -2.33. The van der Waals surface area contributed by atoms with Gasteiger partial charge in [0.2, 0.25) is 10.0 Å². The fourth-order valence-electron chi connectivity index (χ4n) is 3.55. The first-order valence-electron chi connectivity index (χ1n) is 9.49. The molecule has 1 amide bonds. The molecule has 3 rings (SSSR count). The second-order valence-corrected chi connectivity index (χ2v) is 9.19. The maximum atomic E-state index is 12.9. The van der Waals surface area contributed by atoms with Crippen LogP contribution in [0.2, 0.25) is 0 Å². The van der Waals surface area contributed by atoms with Crippen molar-refractivity contribution in [2.24, 2.45) is 5.92 Å². The van der Waals surface area contributed by atoms with Crippen LogP contribution < -0.4 is 9.46 Å². The monoisotopic (exact) mass is 396 g/mol. The van der Waals surface area contributed by atoms with Gasteiger partial charge in [-0.05, 0) is 49.8 Å². The van der Waals surface area contributed by atoms with Crippen LogP contribution in [0.3, 0.4) is 0 Å². The number of ether oxygens (including phenoxy) is 2. The Morgan fingerprint density at radius 3 is 2.93 bits per heavy atom. The summed E-state index contributed by atoms with van der Waals surface area (Å²) in [5, 5.41) is 0. The Labute approximate surface area is 161 Å². The van der Waals surface area contributed by atoms with Crippen LogP contribution in [-0.2, 0) is 14.8 Å². The predicted molar refractivity (Wildman–Crippen MR) is 102 cm³/mol. The van der Waals surface area contributed by atoms with Crippen molar-refractivity contribution in [3.05, 3.63) is 29.8 Å². The molecule has 1 N–H and O–H groups in total. The van der Waals surface area contributed by atoms with E-state index in [4.69, 9.17) is 9.47 Å². The van der Waals surface area contributed by atoms with E-state index in [1.807, 2.05) is 12.1 Å². The van der Waals surface area contributed by atoms with Crippen molar-refractivity contribution >= 4 is 15.9 Å². The molecule has 27 heavy (non-hydrogen) atoms.